The second kappa shape index (κ2) is 6.00. The number of nitrogens with one attached hydrogen (secondary N) is 1. The third kappa shape index (κ3) is 2.50. The van der Waals surface area contributed by atoms with Gasteiger partial charge in [-0.15, -0.1) is 12.4 Å². The van der Waals surface area contributed by atoms with E-state index < -0.39 is 5.82 Å². The minimum Gasteiger partial charge on any atom is -0.329 e. The van der Waals surface area contributed by atoms with Crippen molar-refractivity contribution in [2.75, 3.05) is 13.1 Å². The summed E-state index contributed by atoms with van der Waals surface area (Å²) < 4.78 is 13.6. The van der Waals surface area contributed by atoms with Crippen LogP contribution in [0.3, 0.4) is 0 Å². The summed E-state index contributed by atoms with van der Waals surface area (Å²) in [6.07, 6.45) is 1.79. The lowest BCUT2D eigenvalue weighted by Gasteiger charge is -2.34. The molecule has 1 aromatic rings. The molecule has 0 aromatic heterocycles. The summed E-state index contributed by atoms with van der Waals surface area (Å²) in [7, 11) is 0. The van der Waals surface area contributed by atoms with Gasteiger partial charge in [0.2, 0.25) is 0 Å². The van der Waals surface area contributed by atoms with Crippen LogP contribution in [0, 0.1) is 17.1 Å². The van der Waals surface area contributed by atoms with E-state index in [2.05, 4.69) is 5.32 Å². The molecule has 3 rings (SSSR count). The molecule has 21 heavy (non-hydrogen) atoms. The molecule has 0 spiro atoms. The quantitative estimate of drug-likeness (QED) is 0.866. The van der Waals surface area contributed by atoms with Gasteiger partial charge in [-0.1, -0.05) is 0 Å². The van der Waals surface area contributed by atoms with Crippen LogP contribution in [0.2, 0.25) is 0 Å². The van der Waals surface area contributed by atoms with E-state index in [-0.39, 0.29) is 36.0 Å². The Hall–Kier alpha value is -1.64. The van der Waals surface area contributed by atoms with Crippen LogP contribution in [0.1, 0.15) is 47.3 Å². The Balaban J connectivity index is 0.00000161. The standard InChI is InChI=1S/C15H16FN3O.ClH/c1-9-13-7-11(16)6-10(8-17)14(13)15(20)19(9)12-2-4-18-5-3-12;/h6-7,9,12,18H,2-5H2,1H3;1H. The molecule has 4 nitrogen and oxygen atoms in total. The average Bonchev–Trinajstić information content (AvgIpc) is 2.71. The largest absolute Gasteiger partial charge is 0.329 e. The van der Waals surface area contributed by atoms with Crippen molar-refractivity contribution in [3.63, 3.8) is 0 Å². The zero-order chi connectivity index (χ0) is 14.3. The molecular weight excluding hydrogens is 293 g/mol. The van der Waals surface area contributed by atoms with E-state index in [0.717, 1.165) is 32.0 Å². The molecule has 0 bridgehead atoms. The molecule has 0 saturated carbocycles. The van der Waals surface area contributed by atoms with Crippen LogP contribution >= 0.6 is 12.4 Å². The topological polar surface area (TPSA) is 56.1 Å². The molecule has 6 heteroatoms. The summed E-state index contributed by atoms with van der Waals surface area (Å²) >= 11 is 0. The van der Waals surface area contributed by atoms with E-state index in [0.29, 0.717) is 11.1 Å². The van der Waals surface area contributed by atoms with E-state index in [4.69, 9.17) is 5.26 Å². The molecule has 1 N–H and O–H groups in total. The van der Waals surface area contributed by atoms with Gasteiger partial charge >= 0.3 is 0 Å². The smallest absolute Gasteiger partial charge is 0.256 e. The maximum atomic E-state index is 13.6. The van der Waals surface area contributed by atoms with Gasteiger partial charge in [-0.05, 0) is 50.6 Å². The van der Waals surface area contributed by atoms with Crippen LogP contribution in [-0.4, -0.2) is 29.9 Å². The number of nitrogens with zero attached hydrogens (tertiary/aromatic N) is 2. The zero-order valence-corrected chi connectivity index (χ0v) is 12.5. The normalized spacial score (nSPS) is 21.7. The molecular formula is C15H17ClFN3O. The third-order valence-electron chi connectivity index (χ3n) is 4.27. The number of nitriles is 1. The first kappa shape index (κ1) is 15.7. The highest BCUT2D eigenvalue weighted by molar-refractivity contribution is 6.01. The Labute approximate surface area is 129 Å². The Kier molecular flexibility index (Phi) is 4.50. The molecule has 0 radical (unpaired) electrons. The first-order valence-electron chi connectivity index (χ1n) is 6.90. The Morgan fingerprint density at radius 1 is 1.38 bits per heavy atom. The molecule has 1 unspecified atom stereocenters. The molecule has 2 heterocycles. The summed E-state index contributed by atoms with van der Waals surface area (Å²) in [5, 5.41) is 12.4. The van der Waals surface area contributed by atoms with Crippen LogP contribution in [-0.2, 0) is 0 Å². The molecule has 2 aliphatic heterocycles. The number of fused-ring (bicyclic) bond motifs is 1. The van der Waals surface area contributed by atoms with Gasteiger partial charge in [0.25, 0.3) is 5.91 Å². The lowest BCUT2D eigenvalue weighted by molar-refractivity contribution is 0.0601. The van der Waals surface area contributed by atoms with Gasteiger partial charge in [-0.2, -0.15) is 5.26 Å². The molecule has 1 aromatic carbocycles. The Bertz CT molecular complexity index is 608. The number of amides is 1. The fourth-order valence-electron chi connectivity index (χ4n) is 3.31. The second-order valence-corrected chi connectivity index (χ2v) is 5.40. The number of benzene rings is 1. The monoisotopic (exact) mass is 309 g/mol. The molecule has 1 amide bonds. The lowest BCUT2D eigenvalue weighted by atomic mass is 10.0. The van der Waals surface area contributed by atoms with Crippen LogP contribution in [0.25, 0.3) is 0 Å². The molecule has 112 valence electrons. The van der Waals surface area contributed by atoms with Crippen molar-refractivity contribution in [2.24, 2.45) is 0 Å². The number of halogens is 2. The van der Waals surface area contributed by atoms with Crippen molar-refractivity contribution in [1.29, 1.82) is 5.26 Å². The highest BCUT2D eigenvalue weighted by Gasteiger charge is 2.40. The number of hydrogen-bond donors (Lipinski definition) is 1. The fraction of sp³-hybridized carbons (Fsp3) is 0.467. The van der Waals surface area contributed by atoms with Gasteiger partial charge in [-0.3, -0.25) is 4.79 Å². The van der Waals surface area contributed by atoms with Gasteiger partial charge in [0.1, 0.15) is 11.9 Å². The highest BCUT2D eigenvalue weighted by Crippen LogP contribution is 2.38. The number of rotatable bonds is 1. The van der Waals surface area contributed by atoms with Crippen molar-refractivity contribution in [1.82, 2.24) is 10.2 Å². The van der Waals surface area contributed by atoms with E-state index in [9.17, 15) is 9.18 Å². The van der Waals surface area contributed by atoms with Crippen molar-refractivity contribution in [2.45, 2.75) is 31.8 Å². The second-order valence-electron chi connectivity index (χ2n) is 5.40. The van der Waals surface area contributed by atoms with E-state index in [1.165, 1.54) is 6.07 Å². The Morgan fingerprint density at radius 3 is 2.67 bits per heavy atom. The van der Waals surface area contributed by atoms with Crippen molar-refractivity contribution < 1.29 is 9.18 Å². The van der Waals surface area contributed by atoms with Crippen molar-refractivity contribution in [3.05, 3.63) is 34.6 Å². The van der Waals surface area contributed by atoms with Crippen LogP contribution < -0.4 is 5.32 Å². The van der Waals surface area contributed by atoms with Crippen molar-refractivity contribution in [3.8, 4) is 6.07 Å². The third-order valence-corrected chi connectivity index (χ3v) is 4.27. The maximum Gasteiger partial charge on any atom is 0.256 e. The molecule has 1 atom stereocenters. The lowest BCUT2D eigenvalue weighted by Crippen LogP contribution is -2.44. The number of hydrogen-bond acceptors (Lipinski definition) is 3. The SMILES string of the molecule is CC1c2cc(F)cc(C#N)c2C(=O)N1C1CCNCC1.Cl. The van der Waals surface area contributed by atoms with Gasteiger partial charge in [-0.25, -0.2) is 4.39 Å². The molecule has 0 aliphatic carbocycles. The van der Waals surface area contributed by atoms with Crippen LogP contribution in [0.5, 0.6) is 0 Å². The number of carbonyl (C=O) groups is 1. The predicted molar refractivity (Wildman–Crippen MR) is 78.8 cm³/mol. The summed E-state index contributed by atoms with van der Waals surface area (Å²) in [5.41, 5.74) is 1.18. The first-order valence-corrected chi connectivity index (χ1v) is 6.90. The van der Waals surface area contributed by atoms with Gasteiger partial charge in [0.05, 0.1) is 17.2 Å². The highest BCUT2D eigenvalue weighted by atomic mass is 35.5. The number of piperidine rings is 1. The minimum absolute atomic E-state index is 0. The van der Waals surface area contributed by atoms with E-state index >= 15 is 0 Å². The minimum atomic E-state index is -0.452. The Morgan fingerprint density at radius 2 is 2.05 bits per heavy atom. The van der Waals surface area contributed by atoms with E-state index in [1.54, 1.807) is 0 Å². The maximum absolute atomic E-state index is 13.6. The van der Waals surface area contributed by atoms with Crippen molar-refractivity contribution >= 4 is 18.3 Å². The summed E-state index contributed by atoms with van der Waals surface area (Å²) in [5.74, 6) is -0.580. The van der Waals surface area contributed by atoms with Crippen LogP contribution in [0.4, 0.5) is 4.39 Å². The van der Waals surface area contributed by atoms with E-state index in [1.807, 2.05) is 17.9 Å². The molecule has 2 aliphatic rings. The zero-order valence-electron chi connectivity index (χ0n) is 11.7. The summed E-state index contributed by atoms with van der Waals surface area (Å²) in [6, 6.07) is 4.48. The van der Waals surface area contributed by atoms with Crippen LogP contribution in [0.15, 0.2) is 12.1 Å². The van der Waals surface area contributed by atoms with Gasteiger partial charge in [0, 0.05) is 6.04 Å². The van der Waals surface area contributed by atoms with Gasteiger partial charge < -0.3 is 10.2 Å². The summed E-state index contributed by atoms with van der Waals surface area (Å²) in [6.45, 7) is 3.68. The van der Waals surface area contributed by atoms with Gasteiger partial charge in [0.15, 0.2) is 0 Å². The first-order chi connectivity index (χ1) is 9.63. The molecule has 1 saturated heterocycles. The average molecular weight is 310 g/mol. The number of carbonyl (C=O) groups excluding carboxylic acids is 1. The summed E-state index contributed by atoms with van der Waals surface area (Å²) in [4.78, 5) is 14.5. The molecule has 1 fully saturated rings. The fourth-order valence-corrected chi connectivity index (χ4v) is 3.31. The predicted octanol–water partition coefficient (Wildman–Crippen LogP) is 2.39.